The second kappa shape index (κ2) is 3.80. The predicted molar refractivity (Wildman–Crippen MR) is 57.2 cm³/mol. The van der Waals surface area contributed by atoms with Gasteiger partial charge in [-0.3, -0.25) is 4.90 Å². The summed E-state index contributed by atoms with van der Waals surface area (Å²) in [4.78, 5) is 2.43. The first kappa shape index (κ1) is 10.4. The van der Waals surface area contributed by atoms with E-state index in [0.717, 1.165) is 26.2 Å². The van der Waals surface area contributed by atoms with Gasteiger partial charge in [-0.25, -0.2) is 0 Å². The van der Waals surface area contributed by atoms with Crippen LogP contribution in [-0.2, 0) is 4.74 Å². The molecule has 14 heavy (non-hydrogen) atoms. The van der Waals surface area contributed by atoms with Gasteiger partial charge in [0.25, 0.3) is 0 Å². The molecule has 2 rings (SSSR count). The molecule has 0 aromatic carbocycles. The van der Waals surface area contributed by atoms with Crippen molar-refractivity contribution in [2.75, 3.05) is 26.2 Å². The molecular weight excluding hydrogens is 176 g/mol. The largest absolute Gasteiger partial charge is 0.377 e. The summed E-state index contributed by atoms with van der Waals surface area (Å²) in [5.74, 6) is 0.586. The highest BCUT2D eigenvalue weighted by Crippen LogP contribution is 2.27. The Hall–Kier alpha value is -0.120. The molecule has 2 aliphatic rings. The highest BCUT2D eigenvalue weighted by molar-refractivity contribution is 5.02. The molecule has 2 aliphatic heterocycles. The molecule has 0 aromatic heterocycles. The van der Waals surface area contributed by atoms with Gasteiger partial charge in [-0.05, 0) is 18.8 Å². The van der Waals surface area contributed by atoms with E-state index in [1.54, 1.807) is 0 Å². The molecule has 0 amide bonds. The second-order valence-electron chi connectivity index (χ2n) is 5.19. The molecule has 0 aliphatic carbocycles. The Morgan fingerprint density at radius 3 is 2.71 bits per heavy atom. The van der Waals surface area contributed by atoms with Gasteiger partial charge in [0.05, 0.1) is 6.10 Å². The molecule has 82 valence electrons. The number of nitrogens with two attached hydrogens (primary N) is 1. The maximum Gasteiger partial charge on any atom is 0.0702 e. The van der Waals surface area contributed by atoms with Gasteiger partial charge in [-0.15, -0.1) is 0 Å². The number of nitrogens with zero attached hydrogens (tertiary/aromatic N) is 1. The van der Waals surface area contributed by atoms with Crippen molar-refractivity contribution in [1.29, 1.82) is 0 Å². The monoisotopic (exact) mass is 198 g/mol. The van der Waals surface area contributed by atoms with E-state index in [9.17, 15) is 0 Å². The van der Waals surface area contributed by atoms with Crippen molar-refractivity contribution in [3.05, 3.63) is 0 Å². The first-order valence-electron chi connectivity index (χ1n) is 5.73. The molecule has 0 bridgehead atoms. The molecule has 1 atom stereocenters. The van der Waals surface area contributed by atoms with Crippen molar-refractivity contribution < 1.29 is 4.74 Å². The zero-order chi connectivity index (χ0) is 10.2. The van der Waals surface area contributed by atoms with E-state index in [1.807, 2.05) is 0 Å². The molecule has 0 saturated carbocycles. The molecule has 0 spiro atoms. The van der Waals surface area contributed by atoms with E-state index in [4.69, 9.17) is 10.5 Å². The Morgan fingerprint density at radius 1 is 1.50 bits per heavy atom. The van der Waals surface area contributed by atoms with Crippen molar-refractivity contribution in [2.45, 2.75) is 38.3 Å². The fourth-order valence-corrected chi connectivity index (χ4v) is 2.36. The van der Waals surface area contributed by atoms with E-state index in [-0.39, 0.29) is 5.54 Å². The average molecular weight is 198 g/mol. The standard InChI is InChI=1S/C11H22N2O/c1-9(2)11(12)7-13(8-11)6-10-4-3-5-14-10/h9-10H,3-8,12H2,1-2H3. The van der Waals surface area contributed by atoms with Crippen LogP contribution in [0.5, 0.6) is 0 Å². The van der Waals surface area contributed by atoms with Crippen LogP contribution in [0.15, 0.2) is 0 Å². The van der Waals surface area contributed by atoms with Crippen LogP contribution < -0.4 is 5.73 Å². The summed E-state index contributed by atoms with van der Waals surface area (Å²) < 4.78 is 5.61. The van der Waals surface area contributed by atoms with E-state index in [1.165, 1.54) is 12.8 Å². The number of ether oxygens (including phenoxy) is 1. The molecule has 2 fully saturated rings. The Kier molecular flexibility index (Phi) is 2.82. The maximum atomic E-state index is 6.23. The molecular formula is C11H22N2O. The fourth-order valence-electron chi connectivity index (χ4n) is 2.36. The topological polar surface area (TPSA) is 38.5 Å². The van der Waals surface area contributed by atoms with Crippen LogP contribution in [0.4, 0.5) is 0 Å². The highest BCUT2D eigenvalue weighted by atomic mass is 16.5. The lowest BCUT2D eigenvalue weighted by Crippen LogP contribution is -2.70. The predicted octanol–water partition coefficient (Wildman–Crippen LogP) is 0.834. The van der Waals surface area contributed by atoms with Gasteiger partial charge in [0.1, 0.15) is 0 Å². The summed E-state index contributed by atoms with van der Waals surface area (Å²) in [6.07, 6.45) is 2.94. The van der Waals surface area contributed by atoms with Gasteiger partial charge in [-0.2, -0.15) is 0 Å². The van der Waals surface area contributed by atoms with E-state index >= 15 is 0 Å². The Morgan fingerprint density at radius 2 is 2.21 bits per heavy atom. The van der Waals surface area contributed by atoms with Gasteiger partial charge >= 0.3 is 0 Å². The molecule has 2 N–H and O–H groups in total. The van der Waals surface area contributed by atoms with Gasteiger partial charge in [0, 0.05) is 31.8 Å². The van der Waals surface area contributed by atoms with Gasteiger partial charge in [0.15, 0.2) is 0 Å². The zero-order valence-corrected chi connectivity index (χ0v) is 9.33. The van der Waals surface area contributed by atoms with Crippen LogP contribution in [0.2, 0.25) is 0 Å². The van der Waals surface area contributed by atoms with Crippen LogP contribution in [0, 0.1) is 5.92 Å². The Labute approximate surface area is 86.6 Å². The van der Waals surface area contributed by atoms with Crippen LogP contribution >= 0.6 is 0 Å². The smallest absolute Gasteiger partial charge is 0.0702 e. The lowest BCUT2D eigenvalue weighted by molar-refractivity contribution is -0.00662. The number of hydrogen-bond donors (Lipinski definition) is 1. The average Bonchev–Trinajstić information content (AvgIpc) is 2.53. The minimum atomic E-state index is 0.0681. The normalized spacial score (nSPS) is 32.1. The molecule has 1 unspecified atom stereocenters. The summed E-state index contributed by atoms with van der Waals surface area (Å²) in [6.45, 7) is 8.56. The van der Waals surface area contributed by atoms with Crippen LogP contribution in [-0.4, -0.2) is 42.8 Å². The van der Waals surface area contributed by atoms with E-state index in [0.29, 0.717) is 12.0 Å². The van der Waals surface area contributed by atoms with Gasteiger partial charge < -0.3 is 10.5 Å². The lowest BCUT2D eigenvalue weighted by atomic mass is 9.80. The third kappa shape index (κ3) is 1.95. The minimum absolute atomic E-state index is 0.0681. The summed E-state index contributed by atoms with van der Waals surface area (Å²) in [6, 6.07) is 0. The number of rotatable bonds is 3. The first-order chi connectivity index (χ1) is 6.60. The lowest BCUT2D eigenvalue weighted by Gasteiger charge is -2.51. The SMILES string of the molecule is CC(C)C1(N)CN(CC2CCCO2)C1. The zero-order valence-electron chi connectivity index (χ0n) is 9.33. The van der Waals surface area contributed by atoms with Crippen molar-refractivity contribution in [2.24, 2.45) is 11.7 Å². The third-order valence-electron chi connectivity index (χ3n) is 3.67. The molecule has 2 saturated heterocycles. The highest BCUT2D eigenvalue weighted by Gasteiger charge is 2.42. The van der Waals surface area contributed by atoms with Crippen molar-refractivity contribution >= 4 is 0 Å². The molecule has 0 aromatic rings. The van der Waals surface area contributed by atoms with Crippen molar-refractivity contribution in [3.8, 4) is 0 Å². The van der Waals surface area contributed by atoms with E-state index < -0.39 is 0 Å². The van der Waals surface area contributed by atoms with E-state index in [2.05, 4.69) is 18.7 Å². The van der Waals surface area contributed by atoms with Gasteiger partial charge in [0.2, 0.25) is 0 Å². The molecule has 0 radical (unpaired) electrons. The quantitative estimate of drug-likeness (QED) is 0.730. The van der Waals surface area contributed by atoms with Crippen molar-refractivity contribution in [3.63, 3.8) is 0 Å². The Balaban J connectivity index is 1.72. The maximum absolute atomic E-state index is 6.23. The summed E-state index contributed by atoms with van der Waals surface area (Å²) in [5, 5.41) is 0. The summed E-state index contributed by atoms with van der Waals surface area (Å²) in [7, 11) is 0. The molecule has 3 nitrogen and oxygen atoms in total. The number of likely N-dealkylation sites (tertiary alicyclic amines) is 1. The number of hydrogen-bond acceptors (Lipinski definition) is 3. The second-order valence-corrected chi connectivity index (χ2v) is 5.19. The van der Waals surface area contributed by atoms with Crippen LogP contribution in [0.3, 0.4) is 0 Å². The summed E-state index contributed by atoms with van der Waals surface area (Å²) in [5.41, 5.74) is 6.30. The minimum Gasteiger partial charge on any atom is -0.377 e. The van der Waals surface area contributed by atoms with Crippen LogP contribution in [0.1, 0.15) is 26.7 Å². The van der Waals surface area contributed by atoms with Crippen LogP contribution in [0.25, 0.3) is 0 Å². The Bertz CT molecular complexity index is 191. The van der Waals surface area contributed by atoms with Crippen molar-refractivity contribution in [1.82, 2.24) is 4.90 Å². The molecule has 2 heterocycles. The first-order valence-corrected chi connectivity index (χ1v) is 5.73. The third-order valence-corrected chi connectivity index (χ3v) is 3.67. The molecule has 3 heteroatoms. The van der Waals surface area contributed by atoms with Gasteiger partial charge in [-0.1, -0.05) is 13.8 Å². The fraction of sp³-hybridized carbons (Fsp3) is 1.00. The summed E-state index contributed by atoms with van der Waals surface area (Å²) >= 11 is 0.